The van der Waals surface area contributed by atoms with Crippen molar-refractivity contribution in [3.05, 3.63) is 0 Å². The van der Waals surface area contributed by atoms with Gasteiger partial charge in [0, 0.05) is 6.61 Å². The second-order valence-corrected chi connectivity index (χ2v) is 6.88. The Bertz CT molecular complexity index is 292. The third kappa shape index (κ3) is 8.27. The summed E-state index contributed by atoms with van der Waals surface area (Å²) in [6.07, 6.45) is 11.4. The van der Waals surface area contributed by atoms with Crippen LogP contribution in [0.5, 0.6) is 0 Å². The van der Waals surface area contributed by atoms with Gasteiger partial charge >= 0.3 is 0 Å². The predicted octanol–water partition coefficient (Wildman–Crippen LogP) is 4.64. The van der Waals surface area contributed by atoms with Crippen molar-refractivity contribution >= 4 is 5.78 Å². The second-order valence-electron chi connectivity index (χ2n) is 6.88. The highest BCUT2D eigenvalue weighted by molar-refractivity contribution is 5.81. The summed E-state index contributed by atoms with van der Waals surface area (Å²) in [4.78, 5) is 11.3. The minimum atomic E-state index is -0.445. The SMILES string of the molecule is CCCCCCCC(C)(OCCCCCC)C1OCC(=O)CO1. The minimum Gasteiger partial charge on any atom is -0.370 e. The predicted molar refractivity (Wildman–Crippen MR) is 92.6 cm³/mol. The van der Waals surface area contributed by atoms with Crippen LogP contribution >= 0.6 is 0 Å². The standard InChI is InChI=1S/C19H36O4/c1-4-6-8-10-11-13-19(3,23-14-12-9-7-5-2)18-21-15-17(20)16-22-18/h18H,4-16H2,1-3H3. The molecule has 1 rings (SSSR count). The largest absolute Gasteiger partial charge is 0.370 e. The van der Waals surface area contributed by atoms with Crippen molar-refractivity contribution < 1.29 is 19.0 Å². The maximum absolute atomic E-state index is 11.3. The number of unbranched alkanes of at least 4 members (excludes halogenated alkanes) is 7. The number of carbonyl (C=O) groups is 1. The van der Waals surface area contributed by atoms with Gasteiger partial charge in [-0.2, -0.15) is 0 Å². The molecule has 1 aliphatic heterocycles. The molecule has 0 amide bonds. The van der Waals surface area contributed by atoms with E-state index in [1.54, 1.807) is 0 Å². The van der Waals surface area contributed by atoms with E-state index < -0.39 is 11.9 Å². The van der Waals surface area contributed by atoms with E-state index in [4.69, 9.17) is 14.2 Å². The maximum atomic E-state index is 11.3. The van der Waals surface area contributed by atoms with Crippen LogP contribution in [0.25, 0.3) is 0 Å². The van der Waals surface area contributed by atoms with Gasteiger partial charge in [-0.05, 0) is 19.8 Å². The zero-order valence-electron chi connectivity index (χ0n) is 15.4. The third-order valence-corrected chi connectivity index (χ3v) is 4.50. The Morgan fingerprint density at radius 1 is 0.957 bits per heavy atom. The summed E-state index contributed by atoms with van der Waals surface area (Å²) in [5, 5.41) is 0. The van der Waals surface area contributed by atoms with E-state index in [2.05, 4.69) is 20.8 Å². The first-order valence-electron chi connectivity index (χ1n) is 9.51. The molecule has 0 spiro atoms. The van der Waals surface area contributed by atoms with Crippen LogP contribution in [0.4, 0.5) is 0 Å². The van der Waals surface area contributed by atoms with Gasteiger partial charge in [-0.15, -0.1) is 0 Å². The van der Waals surface area contributed by atoms with Gasteiger partial charge in [-0.3, -0.25) is 4.79 Å². The molecule has 0 radical (unpaired) electrons. The van der Waals surface area contributed by atoms with Crippen LogP contribution in [0.3, 0.4) is 0 Å². The van der Waals surface area contributed by atoms with Crippen LogP contribution in [0.15, 0.2) is 0 Å². The Morgan fingerprint density at radius 3 is 2.13 bits per heavy atom. The Morgan fingerprint density at radius 2 is 1.52 bits per heavy atom. The van der Waals surface area contributed by atoms with Crippen LogP contribution in [0, 0.1) is 0 Å². The molecular weight excluding hydrogens is 292 g/mol. The van der Waals surface area contributed by atoms with Crippen LogP contribution in [0.2, 0.25) is 0 Å². The normalized spacial score (nSPS) is 19.0. The highest BCUT2D eigenvalue weighted by Crippen LogP contribution is 2.29. The highest BCUT2D eigenvalue weighted by atomic mass is 16.7. The lowest BCUT2D eigenvalue weighted by Gasteiger charge is -2.38. The summed E-state index contributed by atoms with van der Waals surface area (Å²) in [5.74, 6) is 0.00879. The van der Waals surface area contributed by atoms with Gasteiger partial charge in [0.05, 0.1) is 0 Å². The first-order valence-corrected chi connectivity index (χ1v) is 9.51. The van der Waals surface area contributed by atoms with Gasteiger partial charge in [0.1, 0.15) is 18.8 Å². The molecule has 0 bridgehead atoms. The number of hydrogen-bond acceptors (Lipinski definition) is 4. The Labute approximate surface area is 142 Å². The van der Waals surface area contributed by atoms with E-state index >= 15 is 0 Å². The molecule has 1 atom stereocenters. The van der Waals surface area contributed by atoms with Gasteiger partial charge in [0.2, 0.25) is 0 Å². The fourth-order valence-corrected chi connectivity index (χ4v) is 2.95. The lowest BCUT2D eigenvalue weighted by Crippen LogP contribution is -2.49. The Balaban J connectivity index is 2.43. The van der Waals surface area contributed by atoms with Gasteiger partial charge in [0.15, 0.2) is 12.1 Å². The molecule has 1 aliphatic rings. The van der Waals surface area contributed by atoms with E-state index in [0.717, 1.165) is 25.9 Å². The molecular formula is C19H36O4. The number of ketones is 1. The van der Waals surface area contributed by atoms with Crippen molar-refractivity contribution in [2.24, 2.45) is 0 Å². The summed E-state index contributed by atoms with van der Waals surface area (Å²) in [7, 11) is 0. The molecule has 0 N–H and O–H groups in total. The summed E-state index contributed by atoms with van der Waals surface area (Å²) >= 11 is 0. The van der Waals surface area contributed by atoms with Gasteiger partial charge < -0.3 is 14.2 Å². The summed E-state index contributed by atoms with van der Waals surface area (Å²) in [5.41, 5.74) is -0.445. The molecule has 23 heavy (non-hydrogen) atoms. The smallest absolute Gasteiger partial charge is 0.187 e. The van der Waals surface area contributed by atoms with Crippen molar-refractivity contribution in [3.63, 3.8) is 0 Å². The van der Waals surface area contributed by atoms with Crippen LogP contribution in [-0.2, 0) is 19.0 Å². The first-order chi connectivity index (χ1) is 11.1. The molecule has 1 unspecified atom stereocenters. The van der Waals surface area contributed by atoms with Crippen molar-refractivity contribution in [2.75, 3.05) is 19.8 Å². The zero-order valence-corrected chi connectivity index (χ0v) is 15.4. The highest BCUT2D eigenvalue weighted by Gasteiger charge is 2.39. The molecule has 1 saturated heterocycles. The molecule has 0 saturated carbocycles. The molecule has 0 aliphatic carbocycles. The lowest BCUT2D eigenvalue weighted by molar-refractivity contribution is -0.262. The quantitative estimate of drug-likeness (QED) is 0.462. The Kier molecular flexibility index (Phi) is 10.7. The molecule has 1 heterocycles. The van der Waals surface area contributed by atoms with E-state index in [9.17, 15) is 4.79 Å². The monoisotopic (exact) mass is 328 g/mol. The number of rotatable bonds is 13. The summed E-state index contributed by atoms with van der Waals surface area (Å²) in [6, 6.07) is 0. The summed E-state index contributed by atoms with van der Waals surface area (Å²) in [6.45, 7) is 7.55. The number of carbonyl (C=O) groups excluding carboxylic acids is 1. The van der Waals surface area contributed by atoms with Gasteiger partial charge in [-0.1, -0.05) is 65.2 Å². The third-order valence-electron chi connectivity index (χ3n) is 4.50. The van der Waals surface area contributed by atoms with Gasteiger partial charge in [0.25, 0.3) is 0 Å². The molecule has 1 fully saturated rings. The first kappa shape index (κ1) is 20.6. The van der Waals surface area contributed by atoms with Crippen molar-refractivity contribution in [1.29, 1.82) is 0 Å². The van der Waals surface area contributed by atoms with Crippen molar-refractivity contribution in [1.82, 2.24) is 0 Å². The molecule has 0 aromatic heterocycles. The van der Waals surface area contributed by atoms with E-state index in [-0.39, 0.29) is 19.0 Å². The average molecular weight is 328 g/mol. The van der Waals surface area contributed by atoms with E-state index in [1.165, 1.54) is 44.9 Å². The van der Waals surface area contributed by atoms with Crippen molar-refractivity contribution in [3.8, 4) is 0 Å². The average Bonchev–Trinajstić information content (AvgIpc) is 2.55. The van der Waals surface area contributed by atoms with E-state index in [0.29, 0.717) is 0 Å². The Hall–Kier alpha value is -0.450. The fourth-order valence-electron chi connectivity index (χ4n) is 2.95. The fraction of sp³-hybridized carbons (Fsp3) is 0.947. The topological polar surface area (TPSA) is 44.8 Å². The van der Waals surface area contributed by atoms with Gasteiger partial charge in [-0.25, -0.2) is 0 Å². The maximum Gasteiger partial charge on any atom is 0.187 e. The number of hydrogen-bond donors (Lipinski definition) is 0. The second kappa shape index (κ2) is 12.0. The van der Waals surface area contributed by atoms with E-state index in [1.807, 2.05) is 0 Å². The molecule has 0 aromatic carbocycles. The lowest BCUT2D eigenvalue weighted by atomic mass is 9.96. The van der Waals surface area contributed by atoms with Crippen LogP contribution in [0.1, 0.15) is 85.0 Å². The van der Waals surface area contributed by atoms with Crippen molar-refractivity contribution in [2.45, 2.75) is 96.9 Å². The number of Topliss-reactive ketones (excluding diaryl/α,β-unsaturated/α-hetero) is 1. The zero-order chi connectivity index (χ0) is 17.0. The molecule has 4 nitrogen and oxygen atoms in total. The molecule has 136 valence electrons. The summed E-state index contributed by atoms with van der Waals surface area (Å²) < 4.78 is 17.4. The number of ether oxygens (including phenoxy) is 3. The molecule has 0 aromatic rings. The van der Waals surface area contributed by atoms with Crippen LogP contribution in [-0.4, -0.2) is 37.5 Å². The minimum absolute atomic E-state index is 0.00879. The van der Waals surface area contributed by atoms with Crippen LogP contribution < -0.4 is 0 Å². The molecule has 4 heteroatoms.